The van der Waals surface area contributed by atoms with Crippen LogP contribution in [0.15, 0.2) is 21.3 Å². The smallest absolute Gasteiger partial charge is 0.228 e. The monoisotopic (exact) mass is 275 g/mol. The molecule has 0 aliphatic heterocycles. The van der Waals surface area contributed by atoms with E-state index in [4.69, 9.17) is 8.94 Å². The Balaban J connectivity index is 1.68. The Morgan fingerprint density at radius 1 is 1.45 bits per heavy atom. The van der Waals surface area contributed by atoms with Gasteiger partial charge >= 0.3 is 0 Å². The number of rotatable bonds is 7. The van der Waals surface area contributed by atoms with Crippen molar-refractivity contribution in [1.82, 2.24) is 15.5 Å². The second kappa shape index (κ2) is 5.79. The third-order valence-electron chi connectivity index (χ3n) is 3.81. The van der Waals surface area contributed by atoms with Crippen LogP contribution in [0.2, 0.25) is 0 Å². The van der Waals surface area contributed by atoms with Crippen LogP contribution in [-0.2, 0) is 6.42 Å². The topological polar surface area (TPSA) is 64.1 Å². The van der Waals surface area contributed by atoms with Gasteiger partial charge < -0.3 is 14.3 Å². The Labute approximate surface area is 118 Å². The standard InChI is InChI=1S/C15H21N3O2/c1-3-7-16-13(11-4-5-11)9-14-17-15(18-20-14)12-6-8-19-10(12)2/h6,8,11,13,16H,3-5,7,9H2,1-2H3. The molecule has 0 aromatic carbocycles. The molecular weight excluding hydrogens is 254 g/mol. The Bertz CT molecular complexity index is 557. The second-order valence-corrected chi connectivity index (χ2v) is 5.50. The van der Waals surface area contributed by atoms with Gasteiger partial charge in [-0.3, -0.25) is 0 Å². The largest absolute Gasteiger partial charge is 0.469 e. The molecule has 3 rings (SSSR count). The third kappa shape index (κ3) is 2.93. The summed E-state index contributed by atoms with van der Waals surface area (Å²) in [6, 6.07) is 2.34. The molecule has 0 bridgehead atoms. The number of aryl methyl sites for hydroxylation is 1. The molecule has 1 N–H and O–H groups in total. The van der Waals surface area contributed by atoms with Crippen LogP contribution in [0.5, 0.6) is 0 Å². The van der Waals surface area contributed by atoms with Crippen molar-refractivity contribution in [2.24, 2.45) is 5.92 Å². The normalized spacial score (nSPS) is 16.5. The van der Waals surface area contributed by atoms with Gasteiger partial charge in [0.15, 0.2) is 0 Å². The van der Waals surface area contributed by atoms with Gasteiger partial charge in [0.2, 0.25) is 11.7 Å². The molecule has 5 nitrogen and oxygen atoms in total. The first-order chi connectivity index (χ1) is 9.78. The van der Waals surface area contributed by atoms with Crippen LogP contribution < -0.4 is 5.32 Å². The van der Waals surface area contributed by atoms with Gasteiger partial charge in [-0.2, -0.15) is 4.98 Å². The van der Waals surface area contributed by atoms with Crippen LogP contribution >= 0.6 is 0 Å². The number of nitrogens with zero attached hydrogens (tertiary/aromatic N) is 2. The summed E-state index contributed by atoms with van der Waals surface area (Å²) in [6.07, 6.45) is 6.23. The van der Waals surface area contributed by atoms with E-state index in [1.807, 2.05) is 13.0 Å². The highest BCUT2D eigenvalue weighted by Gasteiger charge is 2.32. The highest BCUT2D eigenvalue weighted by atomic mass is 16.5. The van der Waals surface area contributed by atoms with E-state index in [9.17, 15) is 0 Å². The molecule has 1 aliphatic rings. The second-order valence-electron chi connectivity index (χ2n) is 5.50. The summed E-state index contributed by atoms with van der Waals surface area (Å²) in [5.74, 6) is 2.92. The first-order valence-electron chi connectivity index (χ1n) is 7.38. The quantitative estimate of drug-likeness (QED) is 0.841. The van der Waals surface area contributed by atoms with Gasteiger partial charge in [-0.05, 0) is 44.7 Å². The summed E-state index contributed by atoms with van der Waals surface area (Å²) in [4.78, 5) is 4.49. The molecule has 1 atom stereocenters. The molecule has 1 fully saturated rings. The lowest BCUT2D eigenvalue weighted by Crippen LogP contribution is -2.33. The first kappa shape index (κ1) is 13.4. The van der Waals surface area contributed by atoms with E-state index in [1.54, 1.807) is 6.26 Å². The molecule has 0 spiro atoms. The maximum atomic E-state index is 5.39. The molecule has 1 aliphatic carbocycles. The molecule has 0 saturated heterocycles. The Morgan fingerprint density at radius 2 is 2.30 bits per heavy atom. The van der Waals surface area contributed by atoms with Crippen LogP contribution in [0.3, 0.4) is 0 Å². The van der Waals surface area contributed by atoms with Crippen molar-refractivity contribution in [2.45, 2.75) is 45.6 Å². The molecule has 2 aromatic rings. The van der Waals surface area contributed by atoms with E-state index in [-0.39, 0.29) is 0 Å². The summed E-state index contributed by atoms with van der Waals surface area (Å²) in [6.45, 7) is 5.13. The van der Waals surface area contributed by atoms with Crippen LogP contribution in [0.1, 0.15) is 37.8 Å². The average molecular weight is 275 g/mol. The SMILES string of the molecule is CCCNC(Cc1nc(-c2ccoc2C)no1)C1CC1. The van der Waals surface area contributed by atoms with Crippen molar-refractivity contribution in [1.29, 1.82) is 0 Å². The number of furan rings is 1. The fourth-order valence-electron chi connectivity index (χ4n) is 2.49. The summed E-state index contributed by atoms with van der Waals surface area (Å²) in [5, 5.41) is 7.65. The lowest BCUT2D eigenvalue weighted by Gasteiger charge is -2.15. The minimum Gasteiger partial charge on any atom is -0.469 e. The molecule has 1 unspecified atom stereocenters. The molecular formula is C15H21N3O2. The van der Waals surface area contributed by atoms with E-state index >= 15 is 0 Å². The van der Waals surface area contributed by atoms with Crippen LogP contribution in [0, 0.1) is 12.8 Å². The zero-order chi connectivity index (χ0) is 13.9. The predicted octanol–water partition coefficient (Wildman–Crippen LogP) is 2.96. The number of hydrogen-bond donors (Lipinski definition) is 1. The summed E-state index contributed by atoms with van der Waals surface area (Å²) in [5.41, 5.74) is 0.907. The van der Waals surface area contributed by atoms with Crippen molar-refractivity contribution in [3.05, 3.63) is 24.0 Å². The molecule has 108 valence electrons. The zero-order valence-corrected chi connectivity index (χ0v) is 12.1. The molecule has 20 heavy (non-hydrogen) atoms. The van der Waals surface area contributed by atoms with Gasteiger partial charge in [0.05, 0.1) is 11.8 Å². The zero-order valence-electron chi connectivity index (χ0n) is 12.1. The summed E-state index contributed by atoms with van der Waals surface area (Å²) < 4.78 is 10.7. The van der Waals surface area contributed by atoms with E-state index in [0.717, 1.165) is 36.6 Å². The summed E-state index contributed by atoms with van der Waals surface area (Å²) in [7, 11) is 0. The van der Waals surface area contributed by atoms with Gasteiger partial charge in [-0.1, -0.05) is 12.1 Å². The van der Waals surface area contributed by atoms with Crippen LogP contribution in [0.25, 0.3) is 11.4 Å². The molecule has 2 aromatic heterocycles. The fraction of sp³-hybridized carbons (Fsp3) is 0.600. The van der Waals surface area contributed by atoms with Crippen molar-refractivity contribution >= 4 is 0 Å². The first-order valence-corrected chi connectivity index (χ1v) is 7.38. The van der Waals surface area contributed by atoms with Crippen molar-refractivity contribution in [3.63, 3.8) is 0 Å². The van der Waals surface area contributed by atoms with E-state index in [0.29, 0.717) is 17.8 Å². The molecule has 5 heteroatoms. The predicted molar refractivity (Wildman–Crippen MR) is 75.2 cm³/mol. The minimum atomic E-state index is 0.466. The van der Waals surface area contributed by atoms with Crippen molar-refractivity contribution in [3.8, 4) is 11.4 Å². The average Bonchev–Trinajstić information content (AvgIpc) is 3.04. The molecule has 2 heterocycles. The molecule has 0 amide bonds. The highest BCUT2D eigenvalue weighted by molar-refractivity contribution is 5.56. The van der Waals surface area contributed by atoms with Crippen LogP contribution in [-0.4, -0.2) is 22.7 Å². The third-order valence-corrected chi connectivity index (χ3v) is 3.81. The van der Waals surface area contributed by atoms with E-state index in [2.05, 4.69) is 22.4 Å². The Morgan fingerprint density at radius 3 is 2.95 bits per heavy atom. The van der Waals surface area contributed by atoms with E-state index < -0.39 is 0 Å². The van der Waals surface area contributed by atoms with Gasteiger partial charge in [0.25, 0.3) is 0 Å². The maximum Gasteiger partial charge on any atom is 0.228 e. The molecule has 1 saturated carbocycles. The van der Waals surface area contributed by atoms with Gasteiger partial charge in [-0.15, -0.1) is 0 Å². The Hall–Kier alpha value is -1.62. The number of aromatic nitrogens is 2. The number of hydrogen-bond acceptors (Lipinski definition) is 5. The lowest BCUT2D eigenvalue weighted by molar-refractivity contribution is 0.346. The van der Waals surface area contributed by atoms with Gasteiger partial charge in [0, 0.05) is 12.5 Å². The maximum absolute atomic E-state index is 5.39. The van der Waals surface area contributed by atoms with Crippen molar-refractivity contribution in [2.75, 3.05) is 6.54 Å². The van der Waals surface area contributed by atoms with Gasteiger partial charge in [0.1, 0.15) is 5.76 Å². The van der Waals surface area contributed by atoms with Crippen molar-refractivity contribution < 1.29 is 8.94 Å². The summed E-state index contributed by atoms with van der Waals surface area (Å²) >= 11 is 0. The van der Waals surface area contributed by atoms with E-state index in [1.165, 1.54) is 12.8 Å². The minimum absolute atomic E-state index is 0.466. The molecule has 0 radical (unpaired) electrons. The van der Waals surface area contributed by atoms with Gasteiger partial charge in [-0.25, -0.2) is 0 Å². The fourth-order valence-corrected chi connectivity index (χ4v) is 2.49. The number of nitrogens with one attached hydrogen (secondary N) is 1. The highest BCUT2D eigenvalue weighted by Crippen LogP contribution is 2.34. The van der Waals surface area contributed by atoms with Crippen LogP contribution in [0.4, 0.5) is 0 Å². The Kier molecular flexibility index (Phi) is 3.87. The lowest BCUT2D eigenvalue weighted by atomic mass is 10.1.